The Bertz CT molecular complexity index is 1890. The van der Waals surface area contributed by atoms with Crippen LogP contribution in [0.1, 0.15) is 89.2 Å². The summed E-state index contributed by atoms with van der Waals surface area (Å²) in [5.41, 5.74) is 8.90. The second kappa shape index (κ2) is 12.7. The first-order chi connectivity index (χ1) is 21.7. The van der Waals surface area contributed by atoms with Crippen LogP contribution in [0.15, 0.2) is 109 Å². The minimum Gasteiger partial charge on any atom is -0.134 e. The molecule has 0 atom stereocenters. The topological polar surface area (TPSA) is 0 Å². The average molecular weight is 593 g/mol. The zero-order valence-corrected chi connectivity index (χ0v) is 27.2. The maximum Gasteiger partial charge on any atom is 0.0434 e. The lowest BCUT2D eigenvalue weighted by molar-refractivity contribution is 0.401. The molecule has 1 heteroatoms. The molecule has 0 bridgehead atoms. The van der Waals surface area contributed by atoms with Gasteiger partial charge in [0.15, 0.2) is 0 Å². The first-order valence-corrected chi connectivity index (χ1v) is 17.8. The van der Waals surface area contributed by atoms with E-state index in [0.29, 0.717) is 0 Å². The van der Waals surface area contributed by atoms with E-state index in [0.717, 1.165) is 0 Å². The van der Waals surface area contributed by atoms with Gasteiger partial charge in [0.05, 0.1) is 0 Å². The van der Waals surface area contributed by atoms with Crippen molar-refractivity contribution < 1.29 is 0 Å². The van der Waals surface area contributed by atoms with Gasteiger partial charge in [-0.15, -0.1) is 11.3 Å². The summed E-state index contributed by atoms with van der Waals surface area (Å²) < 4.78 is 0. The van der Waals surface area contributed by atoms with Crippen LogP contribution in [0.3, 0.4) is 0 Å². The summed E-state index contributed by atoms with van der Waals surface area (Å²) in [7, 11) is 0. The summed E-state index contributed by atoms with van der Waals surface area (Å²) in [4.78, 5) is 2.77. The molecule has 0 aliphatic heterocycles. The van der Waals surface area contributed by atoms with Crippen LogP contribution >= 0.6 is 11.3 Å². The molecule has 0 fully saturated rings. The molecule has 0 radical (unpaired) electrons. The SMILES string of the molecule is CCCCCCC1(CCCCCC)c2ccccc2-c2ccc(-c3sc(-c4cccc5ccccc45)c4ccccc34)cc21. The third kappa shape index (κ3) is 5.10. The molecule has 0 saturated carbocycles. The van der Waals surface area contributed by atoms with Crippen molar-refractivity contribution >= 4 is 32.9 Å². The van der Waals surface area contributed by atoms with Crippen molar-refractivity contribution in [3.63, 3.8) is 0 Å². The van der Waals surface area contributed by atoms with E-state index in [9.17, 15) is 0 Å². The number of rotatable bonds is 12. The van der Waals surface area contributed by atoms with Crippen LogP contribution in [0, 0.1) is 0 Å². The van der Waals surface area contributed by atoms with Crippen molar-refractivity contribution in [1.29, 1.82) is 0 Å². The standard InChI is InChI=1S/C43H44S/c1-3-5-7-15-28-43(29-16-8-6-4-2)39-25-14-13-21-34(39)35-27-26-32(30-40(35)43)41-37-22-11-12-23-38(37)42(44-41)36-24-17-19-31-18-9-10-20-33(31)36/h9-14,17-27,30H,3-8,15-16,28-29H2,1-2H3. The van der Waals surface area contributed by atoms with Crippen LogP contribution in [-0.4, -0.2) is 0 Å². The summed E-state index contributed by atoms with van der Waals surface area (Å²) >= 11 is 1.97. The van der Waals surface area contributed by atoms with Crippen molar-refractivity contribution in [2.45, 2.75) is 83.5 Å². The maximum absolute atomic E-state index is 2.61. The van der Waals surface area contributed by atoms with Gasteiger partial charge in [-0.1, -0.05) is 168 Å². The zero-order valence-electron chi connectivity index (χ0n) is 26.4. The summed E-state index contributed by atoms with van der Waals surface area (Å²) in [6.45, 7) is 4.65. The summed E-state index contributed by atoms with van der Waals surface area (Å²) in [5.74, 6) is 0. The van der Waals surface area contributed by atoms with Crippen molar-refractivity contribution in [1.82, 2.24) is 0 Å². The fourth-order valence-electron chi connectivity index (χ4n) is 7.90. The summed E-state index contributed by atoms with van der Waals surface area (Å²) in [6, 6.07) is 41.5. The van der Waals surface area contributed by atoms with Crippen LogP contribution in [0.2, 0.25) is 0 Å². The zero-order chi connectivity index (χ0) is 29.9. The Balaban J connectivity index is 1.38. The lowest BCUT2D eigenvalue weighted by atomic mass is 9.70. The minimum atomic E-state index is 0.106. The van der Waals surface area contributed by atoms with E-state index >= 15 is 0 Å². The maximum atomic E-state index is 2.61. The van der Waals surface area contributed by atoms with Crippen LogP contribution < -0.4 is 0 Å². The molecule has 0 saturated heterocycles. The van der Waals surface area contributed by atoms with E-state index in [1.54, 1.807) is 11.1 Å². The summed E-state index contributed by atoms with van der Waals surface area (Å²) in [5, 5.41) is 5.36. The van der Waals surface area contributed by atoms with E-state index in [-0.39, 0.29) is 5.41 Å². The minimum absolute atomic E-state index is 0.106. The van der Waals surface area contributed by atoms with E-state index < -0.39 is 0 Å². The van der Waals surface area contributed by atoms with Gasteiger partial charge in [-0.05, 0) is 57.5 Å². The molecular formula is C43H44S. The highest BCUT2D eigenvalue weighted by Gasteiger charge is 2.42. The molecule has 5 aromatic carbocycles. The van der Waals surface area contributed by atoms with Crippen LogP contribution in [0.25, 0.3) is 53.6 Å². The second-order valence-electron chi connectivity index (χ2n) is 12.8. The van der Waals surface area contributed by atoms with Crippen LogP contribution in [0.4, 0.5) is 0 Å². The Morgan fingerprint density at radius 1 is 0.477 bits per heavy atom. The molecule has 0 unspecified atom stereocenters. The smallest absolute Gasteiger partial charge is 0.0434 e. The molecule has 44 heavy (non-hydrogen) atoms. The lowest BCUT2D eigenvalue weighted by Gasteiger charge is -2.33. The molecule has 1 aliphatic carbocycles. The van der Waals surface area contributed by atoms with Gasteiger partial charge in [0, 0.05) is 31.5 Å². The van der Waals surface area contributed by atoms with E-state index in [2.05, 4.69) is 123 Å². The number of thiophene rings is 1. The van der Waals surface area contributed by atoms with Gasteiger partial charge in [0.2, 0.25) is 0 Å². The van der Waals surface area contributed by atoms with Gasteiger partial charge in [-0.2, -0.15) is 0 Å². The quantitative estimate of drug-likeness (QED) is 0.124. The number of hydrogen-bond acceptors (Lipinski definition) is 1. The monoisotopic (exact) mass is 592 g/mol. The number of unbranched alkanes of at least 4 members (excludes halogenated alkanes) is 6. The van der Waals surface area contributed by atoms with Gasteiger partial charge >= 0.3 is 0 Å². The molecular weight excluding hydrogens is 549 g/mol. The number of benzene rings is 5. The lowest BCUT2D eigenvalue weighted by Crippen LogP contribution is -2.25. The molecule has 0 nitrogen and oxygen atoms in total. The fraction of sp³-hybridized carbons (Fsp3) is 0.302. The molecule has 1 aliphatic rings. The van der Waals surface area contributed by atoms with Gasteiger partial charge in [-0.25, -0.2) is 0 Å². The Kier molecular flexibility index (Phi) is 8.41. The van der Waals surface area contributed by atoms with Crippen molar-refractivity contribution in [3.8, 4) is 32.0 Å². The number of hydrogen-bond donors (Lipinski definition) is 0. The Morgan fingerprint density at radius 2 is 1.07 bits per heavy atom. The molecule has 7 rings (SSSR count). The Labute approximate surface area is 267 Å². The van der Waals surface area contributed by atoms with Crippen LogP contribution in [-0.2, 0) is 5.41 Å². The predicted molar refractivity (Wildman–Crippen MR) is 194 cm³/mol. The third-order valence-electron chi connectivity index (χ3n) is 10.1. The average Bonchev–Trinajstić information content (AvgIpc) is 3.59. The first kappa shape index (κ1) is 29.1. The number of fused-ring (bicyclic) bond motifs is 5. The van der Waals surface area contributed by atoms with Crippen LogP contribution in [0.5, 0.6) is 0 Å². The molecule has 0 N–H and O–H groups in total. The van der Waals surface area contributed by atoms with Gasteiger partial charge in [0.1, 0.15) is 0 Å². The predicted octanol–water partition coefficient (Wildman–Crippen LogP) is 13.6. The first-order valence-electron chi connectivity index (χ1n) is 17.0. The highest BCUT2D eigenvalue weighted by Crippen LogP contribution is 2.56. The highest BCUT2D eigenvalue weighted by atomic mass is 32.1. The van der Waals surface area contributed by atoms with Crippen molar-refractivity contribution in [3.05, 3.63) is 120 Å². The van der Waals surface area contributed by atoms with E-state index in [1.807, 2.05) is 11.3 Å². The van der Waals surface area contributed by atoms with E-state index in [4.69, 9.17) is 0 Å². The third-order valence-corrected chi connectivity index (χ3v) is 11.4. The largest absolute Gasteiger partial charge is 0.134 e. The molecule has 6 aromatic rings. The van der Waals surface area contributed by atoms with Gasteiger partial charge < -0.3 is 0 Å². The van der Waals surface area contributed by atoms with E-state index in [1.165, 1.54) is 118 Å². The Hall–Kier alpha value is -3.68. The molecule has 0 amide bonds. The highest BCUT2D eigenvalue weighted by molar-refractivity contribution is 7.21. The fourth-order valence-corrected chi connectivity index (χ4v) is 9.21. The molecule has 1 aromatic heterocycles. The second-order valence-corrected chi connectivity index (χ2v) is 13.9. The van der Waals surface area contributed by atoms with Crippen molar-refractivity contribution in [2.24, 2.45) is 0 Å². The molecule has 1 heterocycles. The van der Waals surface area contributed by atoms with Crippen molar-refractivity contribution in [2.75, 3.05) is 0 Å². The molecule has 222 valence electrons. The van der Waals surface area contributed by atoms with Gasteiger partial charge in [0.25, 0.3) is 0 Å². The molecule has 0 spiro atoms. The normalized spacial score (nSPS) is 13.4. The van der Waals surface area contributed by atoms with Gasteiger partial charge in [-0.3, -0.25) is 0 Å². The Morgan fingerprint density at radius 3 is 1.82 bits per heavy atom. The summed E-state index contributed by atoms with van der Waals surface area (Å²) in [6.07, 6.45) is 13.0.